The summed E-state index contributed by atoms with van der Waals surface area (Å²) < 4.78 is 85.1. The van der Waals surface area contributed by atoms with Crippen LogP contribution in [0.15, 0.2) is 91.0 Å². The second kappa shape index (κ2) is 28.7. The maximum absolute atomic E-state index is 7.37. The van der Waals surface area contributed by atoms with Crippen LogP contribution in [0.2, 0.25) is 0 Å². The smallest absolute Gasteiger partial charge is 0.381 e. The number of hydrogen-bond donors (Lipinski definition) is 0. The SMILES string of the molecule is CCO[Si](OCC)(OCC)O[Si](OCC)(OCC)OCC.CCO[Si](OCC)(OCC)O[Si](OCC)(OCC)O[Si](c1ccccc1)(c1ccccc1)c1ccccc1. The van der Waals surface area contributed by atoms with Crippen LogP contribution >= 0.6 is 0 Å². The first-order chi connectivity index (χ1) is 28.6. The predicted octanol–water partition coefficient (Wildman–Crippen LogP) is 5.83. The summed E-state index contributed by atoms with van der Waals surface area (Å²) in [5.41, 5.74) is 0. The molecule has 0 N–H and O–H groups in total. The highest BCUT2D eigenvalue weighted by atomic mass is 28.5. The molecule has 0 spiro atoms. The van der Waals surface area contributed by atoms with Crippen LogP contribution in [0, 0.1) is 0 Å². The third-order valence-corrected chi connectivity index (χ3v) is 24.6. The van der Waals surface area contributed by atoms with E-state index in [-0.39, 0.29) is 0 Å². The molecule has 0 radical (unpaired) electrons. The maximum atomic E-state index is 7.37. The van der Waals surface area contributed by atoms with Gasteiger partial charge in [-0.2, -0.15) is 0 Å². The van der Waals surface area contributed by atoms with Gasteiger partial charge in [-0.25, -0.2) is 0 Å². The van der Waals surface area contributed by atoms with Gasteiger partial charge in [0.25, 0.3) is 8.32 Å². The van der Waals surface area contributed by atoms with Crippen LogP contribution in [0.3, 0.4) is 0 Å². The van der Waals surface area contributed by atoms with Crippen LogP contribution in [0.1, 0.15) is 76.2 Å². The summed E-state index contributed by atoms with van der Waals surface area (Å²) in [4.78, 5) is 0. The minimum atomic E-state index is -3.98. The van der Waals surface area contributed by atoms with Gasteiger partial charge in [-0.1, -0.05) is 91.0 Å². The highest BCUT2D eigenvalue weighted by molar-refractivity contribution is 7.09. The third kappa shape index (κ3) is 15.8. The van der Waals surface area contributed by atoms with Crippen molar-refractivity contribution in [1.82, 2.24) is 0 Å². The van der Waals surface area contributed by atoms with Crippen molar-refractivity contribution in [2.75, 3.05) is 72.7 Å². The molecule has 0 unspecified atom stereocenters. The summed E-state index contributed by atoms with van der Waals surface area (Å²) in [6.45, 7) is 24.6. The molecule has 0 saturated heterocycles. The Balaban J connectivity index is 0.000000486. The van der Waals surface area contributed by atoms with E-state index in [0.717, 1.165) is 15.6 Å². The molecule has 0 aliphatic heterocycles. The molecule has 3 rings (SSSR count). The second-order valence-corrected chi connectivity index (χ2v) is 24.6. The lowest BCUT2D eigenvalue weighted by Gasteiger charge is -2.42. The molecular weight excluding hydrogens is 845 g/mol. The average Bonchev–Trinajstić information content (AvgIpc) is 3.22. The van der Waals surface area contributed by atoms with Crippen molar-refractivity contribution < 1.29 is 61.0 Å². The van der Waals surface area contributed by atoms with Crippen molar-refractivity contribution >= 4 is 60.1 Å². The normalized spacial score (nSPS) is 12.7. The Labute approximate surface area is 359 Å². The van der Waals surface area contributed by atoms with Crippen LogP contribution in [0.4, 0.5) is 0 Å². The van der Waals surface area contributed by atoms with Gasteiger partial charge in [0.1, 0.15) is 0 Å². The molecule has 0 amide bonds. The molecule has 334 valence electrons. The van der Waals surface area contributed by atoms with Crippen LogP contribution < -0.4 is 15.6 Å². The fourth-order valence-electron chi connectivity index (χ4n) is 5.95. The Bertz CT molecular complexity index is 1310. The molecular formula is C40H70O14Si5. The van der Waals surface area contributed by atoms with E-state index in [2.05, 4.69) is 36.4 Å². The molecule has 0 aromatic heterocycles. The lowest BCUT2D eigenvalue weighted by Crippen LogP contribution is -2.76. The Kier molecular flexibility index (Phi) is 26.0. The Morgan fingerprint density at radius 3 is 0.644 bits per heavy atom. The quantitative estimate of drug-likeness (QED) is 0.0567. The van der Waals surface area contributed by atoms with E-state index in [1.54, 1.807) is 0 Å². The Morgan fingerprint density at radius 1 is 0.254 bits per heavy atom. The van der Waals surface area contributed by atoms with Gasteiger partial charge >= 0.3 is 36.2 Å². The Morgan fingerprint density at radius 2 is 0.441 bits per heavy atom. The van der Waals surface area contributed by atoms with E-state index in [4.69, 9.17) is 61.0 Å². The molecule has 19 heteroatoms. The van der Waals surface area contributed by atoms with Gasteiger partial charge in [0, 0.05) is 72.7 Å². The van der Waals surface area contributed by atoms with Gasteiger partial charge in [0.2, 0.25) is 0 Å². The standard InChI is InChI=1S/C28H40O7Si3.C12H30O7Si2/c1-6-29-37(30-7-2,31-8-3)35-38(32-9-4,33-10-5)34-36(26-20-14-11-15-21-26,27-22-16-12-17-23-27)28-24-18-13-19-25-28;1-7-13-20(14-8-2,15-9-3)19-21(16-10-4,17-11-5)18-12-6/h11-25H,6-10H2,1-5H3;7-12H2,1-6H3. The summed E-state index contributed by atoms with van der Waals surface area (Å²) in [6, 6.07) is 30.8. The summed E-state index contributed by atoms with van der Waals surface area (Å²) in [7, 11) is -17.6. The van der Waals surface area contributed by atoms with Gasteiger partial charge in [0.05, 0.1) is 0 Å². The van der Waals surface area contributed by atoms with Crippen LogP contribution in [0.5, 0.6) is 0 Å². The molecule has 0 bridgehead atoms. The van der Waals surface area contributed by atoms with Crippen LogP contribution in [0.25, 0.3) is 0 Å². The number of rotatable bonds is 31. The lowest BCUT2D eigenvalue weighted by atomic mass is 10.3. The highest BCUT2D eigenvalue weighted by Gasteiger charge is 2.64. The molecule has 3 aromatic rings. The molecule has 0 fully saturated rings. The van der Waals surface area contributed by atoms with E-state index in [1.807, 2.05) is 131 Å². The van der Waals surface area contributed by atoms with Gasteiger partial charge in [0.15, 0.2) is 0 Å². The lowest BCUT2D eigenvalue weighted by molar-refractivity contribution is -0.0608. The summed E-state index contributed by atoms with van der Waals surface area (Å²) >= 11 is 0. The molecule has 0 saturated carbocycles. The van der Waals surface area contributed by atoms with Crippen LogP contribution in [-0.4, -0.2) is 117 Å². The molecule has 14 nitrogen and oxygen atoms in total. The largest absolute Gasteiger partial charge is 0.673 e. The first-order valence-electron chi connectivity index (χ1n) is 20.9. The fourth-order valence-corrected chi connectivity index (χ4v) is 22.6. The number of benzene rings is 3. The molecule has 0 heterocycles. The Hall–Kier alpha value is -1.82. The fraction of sp³-hybridized carbons (Fsp3) is 0.550. The van der Waals surface area contributed by atoms with Crippen molar-refractivity contribution in [2.24, 2.45) is 0 Å². The summed E-state index contributed by atoms with van der Waals surface area (Å²) in [5, 5.41) is 3.11. The van der Waals surface area contributed by atoms with Crippen molar-refractivity contribution in [2.45, 2.75) is 76.2 Å². The van der Waals surface area contributed by atoms with Crippen molar-refractivity contribution in [3.63, 3.8) is 0 Å². The van der Waals surface area contributed by atoms with Crippen LogP contribution in [-0.2, 0) is 61.0 Å². The number of hydrogen-bond acceptors (Lipinski definition) is 14. The summed E-state index contributed by atoms with van der Waals surface area (Å²) in [6.07, 6.45) is 0. The van der Waals surface area contributed by atoms with E-state index < -0.39 is 44.5 Å². The summed E-state index contributed by atoms with van der Waals surface area (Å²) in [5.74, 6) is 0. The van der Waals surface area contributed by atoms with Crippen molar-refractivity contribution in [3.8, 4) is 0 Å². The molecule has 0 aliphatic rings. The van der Waals surface area contributed by atoms with E-state index in [9.17, 15) is 0 Å². The zero-order valence-electron chi connectivity index (χ0n) is 37.2. The zero-order chi connectivity index (χ0) is 43.5. The molecule has 0 atom stereocenters. The second-order valence-electron chi connectivity index (χ2n) is 11.8. The first-order valence-corrected chi connectivity index (χ1v) is 29.3. The zero-order valence-corrected chi connectivity index (χ0v) is 42.2. The predicted molar refractivity (Wildman–Crippen MR) is 238 cm³/mol. The molecule has 3 aromatic carbocycles. The topological polar surface area (TPSA) is 129 Å². The monoisotopic (exact) mass is 914 g/mol. The van der Waals surface area contributed by atoms with Gasteiger partial charge in [-0.3, -0.25) is 0 Å². The average molecular weight is 915 g/mol. The first kappa shape index (κ1) is 53.3. The van der Waals surface area contributed by atoms with Gasteiger partial charge in [-0.05, 0) is 91.7 Å². The molecule has 59 heavy (non-hydrogen) atoms. The minimum absolute atomic E-state index is 0.309. The van der Waals surface area contributed by atoms with Crippen molar-refractivity contribution in [3.05, 3.63) is 91.0 Å². The molecule has 0 aliphatic carbocycles. The highest BCUT2D eigenvalue weighted by Crippen LogP contribution is 2.27. The van der Waals surface area contributed by atoms with Gasteiger partial charge < -0.3 is 61.0 Å². The van der Waals surface area contributed by atoms with E-state index in [0.29, 0.717) is 72.7 Å². The van der Waals surface area contributed by atoms with E-state index >= 15 is 0 Å². The van der Waals surface area contributed by atoms with Crippen molar-refractivity contribution in [1.29, 1.82) is 0 Å². The van der Waals surface area contributed by atoms with Gasteiger partial charge in [-0.15, -0.1) is 0 Å². The maximum Gasteiger partial charge on any atom is 0.673 e. The third-order valence-electron chi connectivity index (χ3n) is 7.85. The van der Waals surface area contributed by atoms with E-state index in [1.165, 1.54) is 0 Å². The minimum Gasteiger partial charge on any atom is -0.381 e.